The number of esters is 1. The number of benzene rings is 1. The van der Waals surface area contributed by atoms with E-state index >= 15 is 0 Å². The second-order valence-electron chi connectivity index (χ2n) is 6.54. The molecule has 31 heavy (non-hydrogen) atoms. The molecule has 0 saturated heterocycles. The van der Waals surface area contributed by atoms with Gasteiger partial charge in [0.1, 0.15) is 5.52 Å². The van der Waals surface area contributed by atoms with E-state index in [1.807, 2.05) is 6.92 Å². The molecule has 0 aliphatic heterocycles. The van der Waals surface area contributed by atoms with Gasteiger partial charge < -0.3 is 14.8 Å². The minimum Gasteiger partial charge on any atom is -0.469 e. The summed E-state index contributed by atoms with van der Waals surface area (Å²) in [6.07, 6.45) is 0.0714. The van der Waals surface area contributed by atoms with Gasteiger partial charge in [0.25, 0.3) is 5.56 Å². The van der Waals surface area contributed by atoms with Crippen LogP contribution in [0.25, 0.3) is 22.4 Å². The Labute approximate surface area is 176 Å². The summed E-state index contributed by atoms with van der Waals surface area (Å²) in [5.74, 6) is -2.29. The topological polar surface area (TPSA) is 95.3 Å². The summed E-state index contributed by atoms with van der Waals surface area (Å²) in [5.41, 5.74) is 0.995. The predicted molar refractivity (Wildman–Crippen MR) is 111 cm³/mol. The second-order valence-corrected chi connectivity index (χ2v) is 6.54. The first kappa shape index (κ1) is 22.3. The van der Waals surface area contributed by atoms with Gasteiger partial charge in [-0.05, 0) is 37.3 Å². The average molecular weight is 432 g/mol. The van der Waals surface area contributed by atoms with Gasteiger partial charge in [-0.3, -0.25) is 14.2 Å². The number of hydrogen-bond acceptors (Lipinski definition) is 7. The van der Waals surface area contributed by atoms with Crippen LogP contribution in [0.3, 0.4) is 0 Å². The molecule has 0 spiro atoms. The lowest BCUT2D eigenvalue weighted by Crippen LogP contribution is -2.28. The maximum absolute atomic E-state index is 13.7. The zero-order valence-electron chi connectivity index (χ0n) is 17.2. The third-order valence-electron chi connectivity index (χ3n) is 4.52. The van der Waals surface area contributed by atoms with E-state index < -0.39 is 23.2 Å². The summed E-state index contributed by atoms with van der Waals surface area (Å²) in [5, 5.41) is 2.86. The van der Waals surface area contributed by atoms with E-state index in [1.165, 1.54) is 17.7 Å². The molecule has 0 amide bonds. The Morgan fingerprint density at radius 2 is 1.97 bits per heavy atom. The minimum atomic E-state index is -0.989. The van der Waals surface area contributed by atoms with E-state index in [4.69, 9.17) is 4.74 Å². The van der Waals surface area contributed by atoms with Crippen molar-refractivity contribution in [2.45, 2.75) is 19.9 Å². The number of fused-ring (bicyclic) bond motifs is 1. The zero-order valence-corrected chi connectivity index (χ0v) is 17.2. The van der Waals surface area contributed by atoms with Crippen molar-refractivity contribution >= 4 is 23.0 Å². The summed E-state index contributed by atoms with van der Waals surface area (Å²) < 4.78 is 38.3. The Balaban J connectivity index is 2.03. The van der Waals surface area contributed by atoms with Crippen LogP contribution in [0, 0.1) is 11.6 Å². The fourth-order valence-corrected chi connectivity index (χ4v) is 2.94. The lowest BCUT2D eigenvalue weighted by Gasteiger charge is -2.13. The molecule has 0 saturated carbocycles. The fourth-order valence-electron chi connectivity index (χ4n) is 2.94. The molecule has 3 rings (SSSR count). The van der Waals surface area contributed by atoms with Crippen LogP contribution in [-0.2, 0) is 20.8 Å². The Hall–Kier alpha value is -3.40. The van der Waals surface area contributed by atoms with E-state index in [0.29, 0.717) is 23.4 Å². The van der Waals surface area contributed by atoms with Crippen LogP contribution in [0.1, 0.15) is 13.3 Å². The standard InChI is InChI=1S/C21H22F2N4O4/c1-3-31-11-10-27-20-17(25-19(21(27)29)24-9-8-18(28)30-2)7-6-16(26-20)13-4-5-14(22)15(23)12-13/h4-7,12H,3,8-11H2,1-2H3,(H,24,25). The molecule has 10 heteroatoms. The Kier molecular flexibility index (Phi) is 7.24. The van der Waals surface area contributed by atoms with Gasteiger partial charge in [-0.25, -0.2) is 18.7 Å². The number of halogens is 2. The molecule has 0 aliphatic carbocycles. The Bertz CT molecular complexity index is 1150. The van der Waals surface area contributed by atoms with Crippen molar-refractivity contribution in [3.05, 3.63) is 52.3 Å². The second kappa shape index (κ2) is 10.1. The van der Waals surface area contributed by atoms with Crippen molar-refractivity contribution < 1.29 is 23.0 Å². The van der Waals surface area contributed by atoms with Crippen LogP contribution < -0.4 is 10.9 Å². The first-order valence-corrected chi connectivity index (χ1v) is 9.70. The van der Waals surface area contributed by atoms with E-state index in [1.54, 1.807) is 12.1 Å². The molecule has 1 N–H and O–H groups in total. The number of nitrogens with zero attached hydrogens (tertiary/aromatic N) is 3. The highest BCUT2D eigenvalue weighted by Crippen LogP contribution is 2.22. The molecular formula is C21H22F2N4O4. The molecule has 164 valence electrons. The van der Waals surface area contributed by atoms with E-state index in [-0.39, 0.29) is 37.6 Å². The highest BCUT2D eigenvalue weighted by Gasteiger charge is 2.14. The molecule has 0 aliphatic rings. The molecular weight excluding hydrogens is 410 g/mol. The molecule has 3 aromatic rings. The van der Waals surface area contributed by atoms with Gasteiger partial charge in [0.05, 0.1) is 32.4 Å². The SMILES string of the molecule is CCOCCn1c(=O)c(NCCC(=O)OC)nc2ccc(-c3ccc(F)c(F)c3)nc21. The maximum Gasteiger partial charge on any atom is 0.307 e. The largest absolute Gasteiger partial charge is 0.469 e. The number of anilines is 1. The van der Waals surface area contributed by atoms with E-state index in [9.17, 15) is 18.4 Å². The van der Waals surface area contributed by atoms with Crippen LogP contribution in [0.5, 0.6) is 0 Å². The van der Waals surface area contributed by atoms with Crippen molar-refractivity contribution in [2.75, 3.05) is 32.2 Å². The molecule has 8 nitrogen and oxygen atoms in total. The van der Waals surface area contributed by atoms with Crippen molar-refractivity contribution in [2.24, 2.45) is 0 Å². The fraction of sp³-hybridized carbons (Fsp3) is 0.333. The van der Waals surface area contributed by atoms with Crippen molar-refractivity contribution in [3.8, 4) is 11.3 Å². The van der Waals surface area contributed by atoms with Crippen LogP contribution in [0.2, 0.25) is 0 Å². The number of methoxy groups -OCH3 is 1. The lowest BCUT2D eigenvalue weighted by molar-refractivity contribution is -0.140. The molecule has 2 heterocycles. The number of rotatable bonds is 9. The van der Waals surface area contributed by atoms with E-state index in [0.717, 1.165) is 12.1 Å². The summed E-state index contributed by atoms with van der Waals surface area (Å²) in [6.45, 7) is 2.98. The maximum atomic E-state index is 13.7. The number of carbonyl (C=O) groups is 1. The zero-order chi connectivity index (χ0) is 22.4. The van der Waals surface area contributed by atoms with Crippen LogP contribution in [-0.4, -0.2) is 47.4 Å². The monoisotopic (exact) mass is 432 g/mol. The van der Waals surface area contributed by atoms with Gasteiger partial charge in [0, 0.05) is 18.7 Å². The number of ether oxygens (including phenoxy) is 2. The summed E-state index contributed by atoms with van der Waals surface area (Å²) in [4.78, 5) is 33.1. The quantitative estimate of drug-likeness (QED) is 0.410. The van der Waals surface area contributed by atoms with Crippen LogP contribution >= 0.6 is 0 Å². The molecule has 0 bridgehead atoms. The molecule has 2 aromatic heterocycles. The normalized spacial score (nSPS) is 11.0. The van der Waals surface area contributed by atoms with Gasteiger partial charge >= 0.3 is 5.97 Å². The van der Waals surface area contributed by atoms with Gasteiger partial charge in [0.15, 0.2) is 23.1 Å². The van der Waals surface area contributed by atoms with Gasteiger partial charge in [-0.2, -0.15) is 0 Å². The van der Waals surface area contributed by atoms with Crippen molar-refractivity contribution in [3.63, 3.8) is 0 Å². The Morgan fingerprint density at radius 3 is 2.68 bits per heavy atom. The smallest absolute Gasteiger partial charge is 0.307 e. The molecule has 0 atom stereocenters. The number of aromatic nitrogens is 3. The van der Waals surface area contributed by atoms with Crippen molar-refractivity contribution in [1.29, 1.82) is 0 Å². The highest BCUT2D eigenvalue weighted by atomic mass is 19.2. The van der Waals surface area contributed by atoms with Gasteiger partial charge in [-0.1, -0.05) is 0 Å². The summed E-state index contributed by atoms with van der Waals surface area (Å²) >= 11 is 0. The third kappa shape index (κ3) is 5.21. The Morgan fingerprint density at radius 1 is 1.16 bits per heavy atom. The first-order chi connectivity index (χ1) is 14.9. The van der Waals surface area contributed by atoms with Gasteiger partial charge in [0.2, 0.25) is 0 Å². The summed E-state index contributed by atoms with van der Waals surface area (Å²) in [6, 6.07) is 6.72. The number of carbonyl (C=O) groups excluding carboxylic acids is 1. The average Bonchev–Trinajstić information content (AvgIpc) is 2.77. The molecule has 0 unspecified atom stereocenters. The van der Waals surface area contributed by atoms with E-state index in [2.05, 4.69) is 20.0 Å². The number of pyridine rings is 1. The molecule has 0 radical (unpaired) electrons. The summed E-state index contributed by atoms with van der Waals surface area (Å²) in [7, 11) is 1.29. The van der Waals surface area contributed by atoms with Gasteiger partial charge in [-0.15, -0.1) is 0 Å². The number of nitrogens with one attached hydrogen (secondary N) is 1. The highest BCUT2D eigenvalue weighted by molar-refractivity contribution is 5.76. The molecule has 0 fully saturated rings. The molecule has 1 aromatic carbocycles. The predicted octanol–water partition coefficient (Wildman–Crippen LogP) is 2.75. The van der Waals surface area contributed by atoms with Crippen molar-refractivity contribution in [1.82, 2.24) is 14.5 Å². The number of hydrogen-bond donors (Lipinski definition) is 1. The lowest BCUT2D eigenvalue weighted by atomic mass is 10.1. The van der Waals surface area contributed by atoms with Crippen LogP contribution in [0.15, 0.2) is 35.1 Å². The first-order valence-electron chi connectivity index (χ1n) is 9.70. The minimum absolute atomic E-state index is 0.0651. The van der Waals surface area contributed by atoms with Crippen LogP contribution in [0.4, 0.5) is 14.6 Å². The third-order valence-corrected chi connectivity index (χ3v) is 4.52.